The SMILES string of the molecule is COC(C)C(C)(O)c1ccc(C)cc1C. The lowest BCUT2D eigenvalue weighted by atomic mass is 9.87. The molecular weight excluding hydrogens is 188 g/mol. The second-order valence-corrected chi connectivity index (χ2v) is 4.34. The quantitative estimate of drug-likeness (QED) is 0.827. The van der Waals surface area contributed by atoms with Crippen molar-refractivity contribution in [2.45, 2.75) is 39.4 Å². The first-order valence-electron chi connectivity index (χ1n) is 5.22. The van der Waals surface area contributed by atoms with Crippen LogP contribution in [0, 0.1) is 13.8 Å². The number of ether oxygens (including phenoxy) is 1. The van der Waals surface area contributed by atoms with Crippen molar-refractivity contribution in [1.29, 1.82) is 0 Å². The van der Waals surface area contributed by atoms with Gasteiger partial charge in [0.2, 0.25) is 0 Å². The minimum atomic E-state index is -0.938. The number of methoxy groups -OCH3 is 1. The van der Waals surface area contributed by atoms with Gasteiger partial charge in [0, 0.05) is 7.11 Å². The zero-order valence-corrected chi connectivity index (χ0v) is 10.2. The number of benzene rings is 1. The van der Waals surface area contributed by atoms with Crippen molar-refractivity contribution in [2.24, 2.45) is 0 Å². The number of hydrogen-bond acceptors (Lipinski definition) is 2. The van der Waals surface area contributed by atoms with Crippen LogP contribution in [0.3, 0.4) is 0 Å². The van der Waals surface area contributed by atoms with Crippen LogP contribution in [-0.2, 0) is 10.3 Å². The molecule has 0 spiro atoms. The fourth-order valence-corrected chi connectivity index (χ4v) is 1.83. The van der Waals surface area contributed by atoms with Gasteiger partial charge in [-0.2, -0.15) is 0 Å². The smallest absolute Gasteiger partial charge is 0.113 e. The Labute approximate surface area is 91.9 Å². The van der Waals surface area contributed by atoms with E-state index in [4.69, 9.17) is 4.74 Å². The van der Waals surface area contributed by atoms with E-state index in [1.54, 1.807) is 14.0 Å². The predicted octanol–water partition coefficient (Wildman–Crippen LogP) is 2.55. The largest absolute Gasteiger partial charge is 0.383 e. The minimum absolute atomic E-state index is 0.223. The van der Waals surface area contributed by atoms with Crippen molar-refractivity contribution < 1.29 is 9.84 Å². The summed E-state index contributed by atoms with van der Waals surface area (Å²) in [6.45, 7) is 7.72. The Morgan fingerprint density at radius 3 is 2.40 bits per heavy atom. The van der Waals surface area contributed by atoms with Gasteiger partial charge in [0.25, 0.3) is 0 Å². The molecule has 1 aromatic carbocycles. The summed E-state index contributed by atoms with van der Waals surface area (Å²) in [6, 6.07) is 6.06. The van der Waals surface area contributed by atoms with Crippen molar-refractivity contribution in [3.8, 4) is 0 Å². The van der Waals surface area contributed by atoms with E-state index in [0.717, 1.165) is 11.1 Å². The van der Waals surface area contributed by atoms with Gasteiger partial charge in [-0.1, -0.05) is 23.8 Å². The second kappa shape index (κ2) is 4.33. The number of aliphatic hydroxyl groups is 1. The first-order chi connectivity index (χ1) is 6.89. The summed E-state index contributed by atoms with van der Waals surface area (Å²) in [7, 11) is 1.61. The van der Waals surface area contributed by atoms with Crippen molar-refractivity contribution in [2.75, 3.05) is 7.11 Å². The van der Waals surface area contributed by atoms with Gasteiger partial charge in [-0.05, 0) is 38.8 Å². The summed E-state index contributed by atoms with van der Waals surface area (Å²) in [6.07, 6.45) is -0.223. The zero-order valence-electron chi connectivity index (χ0n) is 10.2. The molecule has 15 heavy (non-hydrogen) atoms. The maximum atomic E-state index is 10.4. The summed E-state index contributed by atoms with van der Waals surface area (Å²) in [5, 5.41) is 10.4. The fraction of sp³-hybridized carbons (Fsp3) is 0.538. The van der Waals surface area contributed by atoms with Crippen molar-refractivity contribution in [3.63, 3.8) is 0 Å². The Kier molecular flexibility index (Phi) is 3.53. The lowest BCUT2D eigenvalue weighted by Crippen LogP contribution is -2.36. The predicted molar refractivity (Wildman–Crippen MR) is 62.0 cm³/mol. The molecule has 1 rings (SSSR count). The molecule has 2 heteroatoms. The summed E-state index contributed by atoms with van der Waals surface area (Å²) in [5.41, 5.74) is 2.30. The van der Waals surface area contributed by atoms with E-state index in [0.29, 0.717) is 0 Å². The number of aryl methyl sites for hydroxylation is 2. The molecule has 1 aromatic rings. The van der Waals surface area contributed by atoms with Gasteiger partial charge in [-0.25, -0.2) is 0 Å². The molecule has 0 amide bonds. The van der Waals surface area contributed by atoms with Crippen LogP contribution in [0.25, 0.3) is 0 Å². The molecule has 2 unspecified atom stereocenters. The number of hydrogen-bond donors (Lipinski definition) is 1. The molecule has 2 atom stereocenters. The Morgan fingerprint density at radius 2 is 1.93 bits per heavy atom. The maximum absolute atomic E-state index is 10.4. The van der Waals surface area contributed by atoms with Gasteiger partial charge in [0.05, 0.1) is 6.10 Å². The van der Waals surface area contributed by atoms with Crippen LogP contribution in [-0.4, -0.2) is 18.3 Å². The van der Waals surface area contributed by atoms with Gasteiger partial charge in [0.1, 0.15) is 5.60 Å². The molecule has 0 fully saturated rings. The van der Waals surface area contributed by atoms with E-state index in [1.165, 1.54) is 5.56 Å². The van der Waals surface area contributed by atoms with Crippen LogP contribution >= 0.6 is 0 Å². The van der Waals surface area contributed by atoms with E-state index in [9.17, 15) is 5.11 Å². The fourth-order valence-electron chi connectivity index (χ4n) is 1.83. The van der Waals surface area contributed by atoms with Crippen LogP contribution in [0.2, 0.25) is 0 Å². The van der Waals surface area contributed by atoms with Gasteiger partial charge in [-0.3, -0.25) is 0 Å². The standard InChI is InChI=1S/C13H20O2/c1-9-6-7-12(10(2)8-9)13(4,14)11(3)15-5/h6-8,11,14H,1-5H3. The van der Waals surface area contributed by atoms with Crippen LogP contribution in [0.4, 0.5) is 0 Å². The molecule has 0 radical (unpaired) electrons. The molecular formula is C13H20O2. The van der Waals surface area contributed by atoms with Gasteiger partial charge in [-0.15, -0.1) is 0 Å². The van der Waals surface area contributed by atoms with Crippen molar-refractivity contribution in [3.05, 3.63) is 34.9 Å². The lowest BCUT2D eigenvalue weighted by Gasteiger charge is -2.31. The van der Waals surface area contributed by atoms with Crippen LogP contribution in [0.5, 0.6) is 0 Å². The summed E-state index contributed by atoms with van der Waals surface area (Å²) < 4.78 is 5.20. The van der Waals surface area contributed by atoms with Gasteiger partial charge >= 0.3 is 0 Å². The monoisotopic (exact) mass is 208 g/mol. The third-order valence-electron chi connectivity index (χ3n) is 3.07. The molecule has 0 heterocycles. The Balaban J connectivity index is 3.15. The highest BCUT2D eigenvalue weighted by Gasteiger charge is 2.31. The second-order valence-electron chi connectivity index (χ2n) is 4.34. The van der Waals surface area contributed by atoms with E-state index >= 15 is 0 Å². The molecule has 0 saturated carbocycles. The van der Waals surface area contributed by atoms with Crippen LogP contribution in [0.1, 0.15) is 30.5 Å². The normalized spacial score (nSPS) is 17.2. The first kappa shape index (κ1) is 12.2. The zero-order chi connectivity index (χ0) is 11.6. The molecule has 2 nitrogen and oxygen atoms in total. The summed E-state index contributed by atoms with van der Waals surface area (Å²) in [4.78, 5) is 0. The highest BCUT2D eigenvalue weighted by molar-refractivity contribution is 5.35. The molecule has 0 aromatic heterocycles. The van der Waals surface area contributed by atoms with Crippen molar-refractivity contribution in [1.82, 2.24) is 0 Å². The average molecular weight is 208 g/mol. The summed E-state index contributed by atoms with van der Waals surface area (Å²) in [5.74, 6) is 0. The molecule has 1 N–H and O–H groups in total. The third kappa shape index (κ3) is 2.39. The topological polar surface area (TPSA) is 29.5 Å². The molecule has 0 aliphatic rings. The van der Waals surface area contributed by atoms with E-state index in [1.807, 2.05) is 32.9 Å². The Bertz CT molecular complexity index is 342. The lowest BCUT2D eigenvalue weighted by molar-refractivity contribution is -0.0775. The number of rotatable bonds is 3. The molecule has 0 bridgehead atoms. The molecule has 84 valence electrons. The minimum Gasteiger partial charge on any atom is -0.383 e. The molecule has 0 aliphatic carbocycles. The summed E-state index contributed by atoms with van der Waals surface area (Å²) >= 11 is 0. The first-order valence-corrected chi connectivity index (χ1v) is 5.22. The van der Waals surface area contributed by atoms with Crippen LogP contribution in [0.15, 0.2) is 18.2 Å². The average Bonchev–Trinajstić information content (AvgIpc) is 2.15. The van der Waals surface area contributed by atoms with E-state index in [2.05, 4.69) is 6.07 Å². The van der Waals surface area contributed by atoms with Crippen LogP contribution < -0.4 is 0 Å². The van der Waals surface area contributed by atoms with E-state index in [-0.39, 0.29) is 6.10 Å². The van der Waals surface area contributed by atoms with Gasteiger partial charge in [0.15, 0.2) is 0 Å². The molecule has 0 saturated heterocycles. The maximum Gasteiger partial charge on any atom is 0.113 e. The Morgan fingerprint density at radius 1 is 1.33 bits per heavy atom. The van der Waals surface area contributed by atoms with Crippen molar-refractivity contribution >= 4 is 0 Å². The molecule has 0 aliphatic heterocycles. The Hall–Kier alpha value is -0.860. The highest BCUT2D eigenvalue weighted by Crippen LogP contribution is 2.29. The van der Waals surface area contributed by atoms with Gasteiger partial charge < -0.3 is 9.84 Å². The third-order valence-corrected chi connectivity index (χ3v) is 3.07. The highest BCUT2D eigenvalue weighted by atomic mass is 16.5. The van der Waals surface area contributed by atoms with E-state index < -0.39 is 5.60 Å².